The van der Waals surface area contributed by atoms with E-state index in [1.165, 1.54) is 49.5 Å². The van der Waals surface area contributed by atoms with Crippen molar-refractivity contribution in [2.45, 2.75) is 77.4 Å². The van der Waals surface area contributed by atoms with E-state index in [1.54, 1.807) is 0 Å². The van der Waals surface area contributed by atoms with E-state index >= 15 is 0 Å². The van der Waals surface area contributed by atoms with Gasteiger partial charge in [0.05, 0.1) is 0 Å². The van der Waals surface area contributed by atoms with Crippen LogP contribution in [-0.4, -0.2) is 10.5 Å². The van der Waals surface area contributed by atoms with Crippen molar-refractivity contribution in [2.24, 2.45) is 0 Å². The number of hydrogen-bond acceptors (Lipinski definition) is 3. The van der Waals surface area contributed by atoms with Gasteiger partial charge in [-0.3, -0.25) is 0 Å². The summed E-state index contributed by atoms with van der Waals surface area (Å²) in [4.78, 5) is 11.4. The minimum Gasteiger partial charge on any atom is -0.422 e. The molecule has 138 valence electrons. The lowest BCUT2D eigenvalue weighted by Crippen LogP contribution is -2.08. The topological polar surface area (TPSA) is 30.2 Å². The van der Waals surface area contributed by atoms with Gasteiger partial charge in [0, 0.05) is 16.2 Å². The van der Waals surface area contributed by atoms with Crippen molar-refractivity contribution in [3.63, 3.8) is 0 Å². The molecule has 0 aliphatic rings. The van der Waals surface area contributed by atoms with Crippen molar-refractivity contribution in [3.8, 4) is 0 Å². The Morgan fingerprint density at radius 3 is 2.44 bits per heavy atom. The molecule has 0 aliphatic carbocycles. The number of unbranched alkanes of at least 4 members (excludes halogenated alkanes) is 4. The lowest BCUT2D eigenvalue weighted by atomic mass is 10.00. The maximum atomic E-state index is 11.4. The van der Waals surface area contributed by atoms with E-state index in [0.717, 1.165) is 29.4 Å². The normalized spacial score (nSPS) is 12.0. The van der Waals surface area contributed by atoms with Gasteiger partial charge in [-0.2, -0.15) is 11.8 Å². The fraction of sp³-hybridized carbons (Fsp3) is 0.591. The zero-order chi connectivity index (χ0) is 18.3. The molecule has 2 rings (SSSR count). The highest BCUT2D eigenvalue weighted by Gasteiger charge is 2.09. The molecule has 0 amide bonds. The molecule has 0 aliphatic heterocycles. The van der Waals surface area contributed by atoms with Gasteiger partial charge in [0.15, 0.2) is 0 Å². The number of rotatable bonds is 9. The van der Waals surface area contributed by atoms with Crippen LogP contribution in [-0.2, 0) is 12.8 Å². The lowest BCUT2D eigenvalue weighted by molar-refractivity contribution is 0.557. The van der Waals surface area contributed by atoms with Crippen LogP contribution < -0.4 is 5.63 Å². The highest BCUT2D eigenvalue weighted by atomic mass is 32.2. The number of benzene rings is 1. The van der Waals surface area contributed by atoms with Gasteiger partial charge < -0.3 is 4.42 Å². The van der Waals surface area contributed by atoms with Crippen molar-refractivity contribution < 1.29 is 4.42 Å². The molecule has 0 radical (unpaired) electrons. The molecule has 1 aromatic carbocycles. The van der Waals surface area contributed by atoms with Crippen LogP contribution in [0.3, 0.4) is 0 Å². The van der Waals surface area contributed by atoms with E-state index in [0.29, 0.717) is 4.75 Å². The molecule has 0 unspecified atom stereocenters. The summed E-state index contributed by atoms with van der Waals surface area (Å²) in [6.45, 7) is 8.98. The monoisotopic (exact) mass is 360 g/mol. The minimum absolute atomic E-state index is 0.264. The zero-order valence-corrected chi connectivity index (χ0v) is 17.0. The van der Waals surface area contributed by atoms with Crippen LogP contribution in [0.15, 0.2) is 33.5 Å². The number of thioether (sulfide) groups is 1. The Kier molecular flexibility index (Phi) is 7.61. The Balaban J connectivity index is 1.78. The molecule has 2 nitrogen and oxygen atoms in total. The predicted molar refractivity (Wildman–Crippen MR) is 111 cm³/mol. The van der Waals surface area contributed by atoms with Crippen LogP contribution >= 0.6 is 11.8 Å². The fourth-order valence-electron chi connectivity index (χ4n) is 3.07. The first-order valence-electron chi connectivity index (χ1n) is 9.58. The van der Waals surface area contributed by atoms with Crippen molar-refractivity contribution in [1.82, 2.24) is 0 Å². The third kappa shape index (κ3) is 6.89. The van der Waals surface area contributed by atoms with Crippen LogP contribution in [0.1, 0.15) is 70.9 Å². The summed E-state index contributed by atoms with van der Waals surface area (Å²) in [5, 5.41) is 1.05. The summed E-state index contributed by atoms with van der Waals surface area (Å²) in [5.41, 5.74) is 3.00. The fourth-order valence-corrected chi connectivity index (χ4v) is 4.03. The molecule has 0 saturated heterocycles. The highest BCUT2D eigenvalue weighted by molar-refractivity contribution is 8.00. The van der Waals surface area contributed by atoms with E-state index in [1.807, 2.05) is 6.07 Å². The van der Waals surface area contributed by atoms with Crippen LogP contribution in [0, 0.1) is 0 Å². The SMILES string of the molecule is CCc1cc(CCCCCCCSC(C)(C)C)cc2ccc(=O)oc12. The quantitative estimate of drug-likeness (QED) is 0.384. The number of hydrogen-bond donors (Lipinski definition) is 0. The molecule has 0 N–H and O–H groups in total. The lowest BCUT2D eigenvalue weighted by Gasteiger charge is -2.17. The number of aryl methyl sites for hydroxylation is 2. The average molecular weight is 361 g/mol. The molecule has 1 heterocycles. The van der Waals surface area contributed by atoms with Gasteiger partial charge in [0.2, 0.25) is 0 Å². The predicted octanol–water partition coefficient (Wildman–Crippen LogP) is 6.38. The smallest absolute Gasteiger partial charge is 0.336 e. The largest absolute Gasteiger partial charge is 0.422 e. The van der Waals surface area contributed by atoms with E-state index in [4.69, 9.17) is 4.42 Å². The van der Waals surface area contributed by atoms with Gasteiger partial charge in [-0.25, -0.2) is 4.79 Å². The van der Waals surface area contributed by atoms with E-state index in [2.05, 4.69) is 51.6 Å². The van der Waals surface area contributed by atoms with Crippen LogP contribution in [0.5, 0.6) is 0 Å². The van der Waals surface area contributed by atoms with Crippen LogP contribution in [0.4, 0.5) is 0 Å². The van der Waals surface area contributed by atoms with E-state index in [9.17, 15) is 4.79 Å². The van der Waals surface area contributed by atoms with Gasteiger partial charge in [0.25, 0.3) is 0 Å². The molecular formula is C22H32O2S. The van der Waals surface area contributed by atoms with E-state index < -0.39 is 0 Å². The Bertz CT molecular complexity index is 725. The Hall–Kier alpha value is -1.22. The summed E-state index contributed by atoms with van der Waals surface area (Å²) >= 11 is 2.07. The van der Waals surface area contributed by atoms with Gasteiger partial charge in [-0.1, -0.05) is 53.0 Å². The molecular weight excluding hydrogens is 328 g/mol. The van der Waals surface area contributed by atoms with Crippen molar-refractivity contribution in [2.75, 3.05) is 5.75 Å². The first-order valence-corrected chi connectivity index (χ1v) is 10.6. The highest BCUT2D eigenvalue weighted by Crippen LogP contribution is 2.25. The summed E-state index contributed by atoms with van der Waals surface area (Å²) in [5.74, 6) is 1.28. The molecule has 3 heteroatoms. The summed E-state index contributed by atoms with van der Waals surface area (Å²) in [7, 11) is 0. The molecule has 0 spiro atoms. The van der Waals surface area contributed by atoms with Gasteiger partial charge >= 0.3 is 5.63 Å². The number of fused-ring (bicyclic) bond motifs is 1. The molecule has 0 atom stereocenters. The van der Waals surface area contributed by atoms with Gasteiger partial charge in [-0.15, -0.1) is 0 Å². The standard InChI is InChI=1S/C22H32O2S/c1-5-18-15-17(16-19-12-13-20(23)24-21(18)19)11-9-7-6-8-10-14-25-22(2,3)4/h12-13,15-16H,5-11,14H2,1-4H3. The van der Waals surface area contributed by atoms with Gasteiger partial charge in [0.1, 0.15) is 5.58 Å². The maximum Gasteiger partial charge on any atom is 0.336 e. The minimum atomic E-state index is -0.264. The third-order valence-electron chi connectivity index (χ3n) is 4.38. The molecule has 0 fully saturated rings. The van der Waals surface area contributed by atoms with Gasteiger partial charge in [-0.05, 0) is 54.7 Å². The second-order valence-corrected chi connectivity index (χ2v) is 9.68. The Labute approximate surface area is 156 Å². The van der Waals surface area contributed by atoms with Crippen molar-refractivity contribution in [1.29, 1.82) is 0 Å². The molecule has 0 bridgehead atoms. The molecule has 2 aromatic rings. The molecule has 1 aromatic heterocycles. The summed E-state index contributed by atoms with van der Waals surface area (Å²) in [6, 6.07) is 7.79. The first kappa shape index (κ1) is 20.1. The van der Waals surface area contributed by atoms with Crippen LogP contribution in [0.25, 0.3) is 11.0 Å². The Morgan fingerprint density at radius 2 is 1.72 bits per heavy atom. The molecule has 25 heavy (non-hydrogen) atoms. The second kappa shape index (κ2) is 9.47. The molecule has 0 saturated carbocycles. The Morgan fingerprint density at radius 1 is 1.00 bits per heavy atom. The third-order valence-corrected chi connectivity index (χ3v) is 5.74. The summed E-state index contributed by atoms with van der Waals surface area (Å²) in [6.07, 6.45) is 8.53. The van der Waals surface area contributed by atoms with Crippen molar-refractivity contribution in [3.05, 3.63) is 45.8 Å². The second-order valence-electron chi connectivity index (χ2n) is 7.76. The summed E-state index contributed by atoms with van der Waals surface area (Å²) < 4.78 is 5.78. The van der Waals surface area contributed by atoms with Crippen LogP contribution in [0.2, 0.25) is 0 Å². The maximum absolute atomic E-state index is 11.4. The average Bonchev–Trinajstić information content (AvgIpc) is 2.55. The van der Waals surface area contributed by atoms with E-state index in [-0.39, 0.29) is 5.63 Å². The first-order chi connectivity index (χ1) is 11.9. The zero-order valence-electron chi connectivity index (χ0n) is 16.2. The van der Waals surface area contributed by atoms with Crippen molar-refractivity contribution >= 4 is 22.7 Å².